The highest BCUT2D eigenvalue weighted by Crippen LogP contribution is 2.22. The van der Waals surface area contributed by atoms with Crippen LogP contribution in [0.25, 0.3) is 10.9 Å². The fourth-order valence-corrected chi connectivity index (χ4v) is 1.88. The molecule has 0 aliphatic carbocycles. The topological polar surface area (TPSA) is 37.8 Å². The van der Waals surface area contributed by atoms with Crippen LogP contribution in [0.2, 0.25) is 0 Å². The normalized spacial score (nSPS) is 9.75. The summed E-state index contributed by atoms with van der Waals surface area (Å²) in [6.45, 7) is 6.07. The van der Waals surface area contributed by atoms with Crippen molar-refractivity contribution in [1.82, 2.24) is 9.97 Å². The van der Waals surface area contributed by atoms with Crippen LogP contribution in [0.15, 0.2) is 54.9 Å². The zero-order valence-electron chi connectivity index (χ0n) is 12.1. The van der Waals surface area contributed by atoms with Crippen molar-refractivity contribution in [2.24, 2.45) is 0 Å². The number of rotatable bonds is 2. The van der Waals surface area contributed by atoms with Crippen LogP contribution in [0, 0.1) is 6.92 Å². The van der Waals surface area contributed by atoms with Crippen molar-refractivity contribution in [2.75, 3.05) is 5.32 Å². The summed E-state index contributed by atoms with van der Waals surface area (Å²) in [5, 5.41) is 4.35. The summed E-state index contributed by atoms with van der Waals surface area (Å²) in [7, 11) is 0. The van der Waals surface area contributed by atoms with Crippen LogP contribution >= 0.6 is 0 Å². The van der Waals surface area contributed by atoms with Gasteiger partial charge in [-0.1, -0.05) is 43.7 Å². The van der Waals surface area contributed by atoms with Gasteiger partial charge in [-0.15, -0.1) is 0 Å². The fraction of sp³-hybridized carbons (Fsp3) is 0.176. The molecule has 1 heterocycles. The van der Waals surface area contributed by atoms with E-state index < -0.39 is 0 Å². The lowest BCUT2D eigenvalue weighted by molar-refractivity contribution is 1.22. The molecule has 20 heavy (non-hydrogen) atoms. The highest BCUT2D eigenvalue weighted by molar-refractivity contribution is 5.90. The van der Waals surface area contributed by atoms with Crippen LogP contribution in [0.1, 0.15) is 19.4 Å². The Balaban J connectivity index is 0.000000704. The summed E-state index contributed by atoms with van der Waals surface area (Å²) in [5.41, 5.74) is 3.22. The summed E-state index contributed by atoms with van der Waals surface area (Å²) in [6, 6.07) is 16.2. The molecule has 0 bridgehead atoms. The van der Waals surface area contributed by atoms with Crippen LogP contribution in [0.4, 0.5) is 11.5 Å². The Labute approximate surface area is 119 Å². The summed E-state index contributed by atoms with van der Waals surface area (Å²) in [6.07, 6.45) is 1.58. The Kier molecular flexibility index (Phi) is 4.66. The van der Waals surface area contributed by atoms with Crippen LogP contribution in [-0.2, 0) is 0 Å². The van der Waals surface area contributed by atoms with Gasteiger partial charge in [0, 0.05) is 11.1 Å². The molecular formula is C17H19N3. The number of para-hydroxylation sites is 1. The summed E-state index contributed by atoms with van der Waals surface area (Å²) in [5.74, 6) is 0.837. The molecule has 3 aromatic rings. The minimum Gasteiger partial charge on any atom is -0.340 e. The first-order chi connectivity index (χ1) is 9.83. The van der Waals surface area contributed by atoms with E-state index in [1.54, 1.807) is 6.33 Å². The molecule has 0 saturated heterocycles. The van der Waals surface area contributed by atoms with E-state index >= 15 is 0 Å². The van der Waals surface area contributed by atoms with Gasteiger partial charge in [0.15, 0.2) is 0 Å². The minimum absolute atomic E-state index is 0.837. The lowest BCUT2D eigenvalue weighted by Gasteiger charge is -2.08. The van der Waals surface area contributed by atoms with E-state index in [-0.39, 0.29) is 0 Å². The van der Waals surface area contributed by atoms with Crippen molar-refractivity contribution in [3.05, 3.63) is 60.4 Å². The van der Waals surface area contributed by atoms with Crippen LogP contribution < -0.4 is 5.32 Å². The van der Waals surface area contributed by atoms with E-state index in [1.807, 2.05) is 50.2 Å². The molecule has 0 aliphatic heterocycles. The molecule has 0 unspecified atom stereocenters. The van der Waals surface area contributed by atoms with Crippen LogP contribution in [0.3, 0.4) is 0 Å². The minimum atomic E-state index is 0.837. The monoisotopic (exact) mass is 265 g/mol. The third-order valence-electron chi connectivity index (χ3n) is 2.86. The Morgan fingerprint density at radius 1 is 0.850 bits per heavy atom. The van der Waals surface area contributed by atoms with E-state index in [0.29, 0.717) is 0 Å². The second-order valence-corrected chi connectivity index (χ2v) is 4.23. The van der Waals surface area contributed by atoms with Crippen LogP contribution in [0.5, 0.6) is 0 Å². The van der Waals surface area contributed by atoms with Crippen molar-refractivity contribution < 1.29 is 0 Å². The van der Waals surface area contributed by atoms with Gasteiger partial charge < -0.3 is 5.32 Å². The number of hydrogen-bond donors (Lipinski definition) is 1. The maximum atomic E-state index is 4.30. The predicted molar refractivity (Wildman–Crippen MR) is 85.3 cm³/mol. The Bertz CT molecular complexity index is 670. The summed E-state index contributed by atoms with van der Waals surface area (Å²) >= 11 is 0. The average molecular weight is 265 g/mol. The van der Waals surface area contributed by atoms with Gasteiger partial charge in [-0.05, 0) is 31.2 Å². The van der Waals surface area contributed by atoms with Gasteiger partial charge in [-0.3, -0.25) is 0 Å². The fourth-order valence-electron chi connectivity index (χ4n) is 1.88. The van der Waals surface area contributed by atoms with E-state index in [0.717, 1.165) is 22.4 Å². The van der Waals surface area contributed by atoms with E-state index in [4.69, 9.17) is 0 Å². The number of aromatic nitrogens is 2. The third-order valence-corrected chi connectivity index (χ3v) is 2.86. The maximum absolute atomic E-state index is 4.30. The standard InChI is InChI=1S/C15H13N3.C2H6/c1-11-6-8-12(9-7-11)18-15-13-4-2-3-5-14(13)16-10-17-15;1-2/h2-10H,1H3,(H,16,17,18);1-2H3. The van der Waals surface area contributed by atoms with Gasteiger partial charge in [-0.2, -0.15) is 0 Å². The van der Waals surface area contributed by atoms with E-state index in [2.05, 4.69) is 34.3 Å². The number of nitrogens with one attached hydrogen (secondary N) is 1. The van der Waals surface area contributed by atoms with Crippen molar-refractivity contribution in [3.63, 3.8) is 0 Å². The van der Waals surface area contributed by atoms with Gasteiger partial charge in [0.05, 0.1) is 5.52 Å². The molecule has 1 N–H and O–H groups in total. The second-order valence-electron chi connectivity index (χ2n) is 4.23. The number of benzene rings is 2. The SMILES string of the molecule is CC.Cc1ccc(Nc2ncnc3ccccc23)cc1. The lowest BCUT2D eigenvalue weighted by Crippen LogP contribution is -1.95. The zero-order chi connectivity index (χ0) is 14.4. The molecule has 3 rings (SSSR count). The van der Waals surface area contributed by atoms with E-state index in [9.17, 15) is 0 Å². The smallest absolute Gasteiger partial charge is 0.141 e. The quantitative estimate of drug-likeness (QED) is 0.729. The summed E-state index contributed by atoms with van der Waals surface area (Å²) in [4.78, 5) is 8.55. The van der Waals surface area contributed by atoms with Crippen molar-refractivity contribution in [3.8, 4) is 0 Å². The van der Waals surface area contributed by atoms with Gasteiger partial charge in [0.2, 0.25) is 0 Å². The molecule has 2 aromatic carbocycles. The number of fused-ring (bicyclic) bond motifs is 1. The lowest BCUT2D eigenvalue weighted by atomic mass is 10.2. The van der Waals surface area contributed by atoms with Gasteiger partial charge in [0.25, 0.3) is 0 Å². The molecule has 0 atom stereocenters. The number of hydrogen-bond acceptors (Lipinski definition) is 3. The van der Waals surface area contributed by atoms with Gasteiger partial charge in [0.1, 0.15) is 12.1 Å². The molecule has 0 amide bonds. The Hall–Kier alpha value is -2.42. The molecule has 0 aliphatic rings. The molecule has 1 aromatic heterocycles. The van der Waals surface area contributed by atoms with E-state index in [1.165, 1.54) is 5.56 Å². The molecule has 0 fully saturated rings. The first-order valence-electron chi connectivity index (χ1n) is 6.86. The Morgan fingerprint density at radius 3 is 2.30 bits per heavy atom. The number of aryl methyl sites for hydroxylation is 1. The largest absolute Gasteiger partial charge is 0.340 e. The second kappa shape index (κ2) is 6.66. The molecule has 0 saturated carbocycles. The highest BCUT2D eigenvalue weighted by Gasteiger charge is 2.02. The molecule has 0 radical (unpaired) electrons. The maximum Gasteiger partial charge on any atom is 0.141 e. The molecule has 0 spiro atoms. The molecule has 102 valence electrons. The first kappa shape index (κ1) is 14.0. The summed E-state index contributed by atoms with van der Waals surface area (Å²) < 4.78 is 0. The molecule has 3 heteroatoms. The van der Waals surface area contributed by atoms with Crippen molar-refractivity contribution in [1.29, 1.82) is 0 Å². The number of anilines is 2. The predicted octanol–water partition coefficient (Wildman–Crippen LogP) is 4.71. The van der Waals surface area contributed by atoms with Crippen molar-refractivity contribution >= 4 is 22.4 Å². The third kappa shape index (κ3) is 3.12. The zero-order valence-corrected chi connectivity index (χ0v) is 12.1. The molecule has 3 nitrogen and oxygen atoms in total. The van der Waals surface area contributed by atoms with Crippen molar-refractivity contribution in [2.45, 2.75) is 20.8 Å². The highest BCUT2D eigenvalue weighted by atomic mass is 15.0. The van der Waals surface area contributed by atoms with Gasteiger partial charge in [-0.25, -0.2) is 9.97 Å². The Morgan fingerprint density at radius 2 is 1.55 bits per heavy atom. The average Bonchev–Trinajstić information content (AvgIpc) is 2.52. The first-order valence-corrected chi connectivity index (χ1v) is 6.86. The number of nitrogens with zero attached hydrogens (tertiary/aromatic N) is 2. The van der Waals surface area contributed by atoms with Gasteiger partial charge >= 0.3 is 0 Å². The van der Waals surface area contributed by atoms with Crippen LogP contribution in [-0.4, -0.2) is 9.97 Å². The molecular weight excluding hydrogens is 246 g/mol.